The molecule has 6 nitrogen and oxygen atoms in total. The van der Waals surface area contributed by atoms with E-state index < -0.39 is 16.1 Å². The van der Waals surface area contributed by atoms with Crippen LogP contribution in [-0.4, -0.2) is 29.8 Å². The fourth-order valence-corrected chi connectivity index (χ4v) is 2.91. The minimum atomic E-state index is -3.54. The van der Waals surface area contributed by atoms with Gasteiger partial charge in [0.1, 0.15) is 0 Å². The van der Waals surface area contributed by atoms with Crippen molar-refractivity contribution in [3.8, 4) is 0 Å². The number of aryl methyl sites for hydroxylation is 1. The number of aliphatic hydroxyl groups is 1. The Morgan fingerprint density at radius 3 is 2.52 bits per heavy atom. The molecule has 7 heteroatoms. The summed E-state index contributed by atoms with van der Waals surface area (Å²) in [5, 5.41) is 13.5. The Kier molecular flexibility index (Phi) is 4.76. The van der Waals surface area contributed by atoms with E-state index in [9.17, 15) is 13.5 Å². The van der Waals surface area contributed by atoms with E-state index in [1.807, 2.05) is 13.1 Å². The van der Waals surface area contributed by atoms with Gasteiger partial charge in [-0.15, -0.1) is 0 Å². The van der Waals surface area contributed by atoms with Gasteiger partial charge in [-0.3, -0.25) is 4.68 Å². The molecule has 1 aromatic heterocycles. The van der Waals surface area contributed by atoms with Crippen LogP contribution in [-0.2, 0) is 16.6 Å². The van der Waals surface area contributed by atoms with E-state index in [2.05, 4.69) is 9.82 Å². The lowest BCUT2D eigenvalue weighted by Gasteiger charge is -2.09. The predicted octanol–water partition coefficient (Wildman–Crippen LogP) is 1.22. The van der Waals surface area contributed by atoms with Gasteiger partial charge in [0, 0.05) is 12.7 Å². The second-order valence-corrected chi connectivity index (χ2v) is 6.69. The molecule has 0 amide bonds. The van der Waals surface area contributed by atoms with Gasteiger partial charge in [0.25, 0.3) is 0 Å². The maximum absolute atomic E-state index is 12.1. The fraction of sp³-hybridized carbons (Fsp3) is 0.357. The molecule has 2 rings (SSSR count). The minimum Gasteiger partial charge on any atom is -0.389 e. The number of nitrogens with zero attached hydrogens (tertiary/aromatic N) is 2. The molecule has 1 unspecified atom stereocenters. The Labute approximate surface area is 124 Å². The Balaban J connectivity index is 1.97. The lowest BCUT2D eigenvalue weighted by molar-refractivity contribution is 0.199. The van der Waals surface area contributed by atoms with Gasteiger partial charge < -0.3 is 5.11 Å². The number of benzene rings is 1. The molecule has 114 valence electrons. The molecule has 0 aliphatic rings. The maximum atomic E-state index is 12.1. The summed E-state index contributed by atoms with van der Waals surface area (Å²) >= 11 is 0. The molecule has 2 aromatic rings. The third kappa shape index (κ3) is 4.13. The minimum absolute atomic E-state index is 0.184. The molecule has 21 heavy (non-hydrogen) atoms. The normalized spacial score (nSPS) is 13.3. The van der Waals surface area contributed by atoms with Crippen LogP contribution >= 0.6 is 0 Å². The molecule has 0 radical (unpaired) electrons. The number of aromatic nitrogens is 2. The van der Waals surface area contributed by atoms with Crippen molar-refractivity contribution in [3.63, 3.8) is 0 Å². The van der Waals surface area contributed by atoms with E-state index in [0.717, 1.165) is 5.56 Å². The van der Waals surface area contributed by atoms with Gasteiger partial charge in [0.15, 0.2) is 0 Å². The molecule has 0 bridgehead atoms. The van der Waals surface area contributed by atoms with Crippen LogP contribution < -0.4 is 4.72 Å². The highest BCUT2D eigenvalue weighted by Gasteiger charge is 2.13. The van der Waals surface area contributed by atoms with E-state index in [1.54, 1.807) is 29.9 Å². The summed E-state index contributed by atoms with van der Waals surface area (Å²) in [5.74, 6) is 0. The molecule has 1 heterocycles. The van der Waals surface area contributed by atoms with Gasteiger partial charge in [-0.1, -0.05) is 12.1 Å². The van der Waals surface area contributed by atoms with Crippen LogP contribution in [0.25, 0.3) is 0 Å². The summed E-state index contributed by atoms with van der Waals surface area (Å²) in [6.45, 7) is 4.30. The first kappa shape index (κ1) is 15.7. The number of rotatable bonds is 6. The second-order valence-electron chi connectivity index (χ2n) is 4.92. The molecule has 0 saturated carbocycles. The Hall–Kier alpha value is -1.70. The summed E-state index contributed by atoms with van der Waals surface area (Å²) in [6, 6.07) is 6.19. The molecule has 2 N–H and O–H groups in total. The van der Waals surface area contributed by atoms with Crippen LogP contribution in [0.2, 0.25) is 0 Å². The van der Waals surface area contributed by atoms with Gasteiger partial charge in [0.05, 0.1) is 23.7 Å². The van der Waals surface area contributed by atoms with Crippen molar-refractivity contribution in [2.75, 3.05) is 6.54 Å². The summed E-state index contributed by atoms with van der Waals surface area (Å²) in [4.78, 5) is 0.184. The quantitative estimate of drug-likeness (QED) is 0.840. The van der Waals surface area contributed by atoms with Crippen molar-refractivity contribution < 1.29 is 13.5 Å². The second kappa shape index (κ2) is 6.38. The molecule has 0 saturated heterocycles. The first-order chi connectivity index (χ1) is 9.88. The Bertz CT molecular complexity index is 691. The summed E-state index contributed by atoms with van der Waals surface area (Å²) in [6.07, 6.45) is 2.97. The first-order valence-corrected chi connectivity index (χ1v) is 8.13. The van der Waals surface area contributed by atoms with E-state index in [0.29, 0.717) is 12.1 Å². The van der Waals surface area contributed by atoms with Crippen molar-refractivity contribution in [3.05, 3.63) is 47.8 Å². The van der Waals surface area contributed by atoms with Crippen LogP contribution in [0.5, 0.6) is 0 Å². The third-order valence-corrected chi connectivity index (χ3v) is 4.55. The van der Waals surface area contributed by atoms with Crippen molar-refractivity contribution in [2.24, 2.45) is 0 Å². The van der Waals surface area contributed by atoms with Crippen LogP contribution in [0, 0.1) is 6.92 Å². The summed E-state index contributed by atoms with van der Waals surface area (Å²) in [7, 11) is -3.54. The van der Waals surface area contributed by atoms with Gasteiger partial charge >= 0.3 is 0 Å². The number of nitrogens with one attached hydrogen (secondary N) is 1. The average Bonchev–Trinajstić information content (AvgIpc) is 2.84. The first-order valence-electron chi connectivity index (χ1n) is 6.65. The number of hydrogen-bond acceptors (Lipinski definition) is 4. The van der Waals surface area contributed by atoms with Crippen molar-refractivity contribution >= 4 is 10.0 Å². The molecule has 1 atom stereocenters. The van der Waals surface area contributed by atoms with E-state index >= 15 is 0 Å². The lowest BCUT2D eigenvalue weighted by Crippen LogP contribution is -2.27. The summed E-state index contributed by atoms with van der Waals surface area (Å²) in [5.41, 5.74) is 1.72. The largest absolute Gasteiger partial charge is 0.389 e. The molecular weight excluding hydrogens is 290 g/mol. The number of sulfonamides is 1. The molecule has 0 spiro atoms. The molecule has 0 aliphatic carbocycles. The van der Waals surface area contributed by atoms with Gasteiger partial charge in [-0.25, -0.2) is 13.1 Å². The van der Waals surface area contributed by atoms with Crippen molar-refractivity contribution in [1.82, 2.24) is 14.5 Å². The van der Waals surface area contributed by atoms with Crippen molar-refractivity contribution in [2.45, 2.75) is 31.4 Å². The van der Waals surface area contributed by atoms with Crippen LogP contribution in [0.3, 0.4) is 0 Å². The monoisotopic (exact) mass is 309 g/mol. The van der Waals surface area contributed by atoms with Gasteiger partial charge in [0.2, 0.25) is 10.0 Å². The van der Waals surface area contributed by atoms with Crippen LogP contribution in [0.15, 0.2) is 41.6 Å². The zero-order valence-electron chi connectivity index (χ0n) is 12.0. The zero-order chi connectivity index (χ0) is 15.5. The average molecular weight is 309 g/mol. The molecule has 1 aromatic carbocycles. The zero-order valence-corrected chi connectivity index (χ0v) is 12.8. The summed E-state index contributed by atoms with van der Waals surface area (Å²) < 4.78 is 28.4. The van der Waals surface area contributed by atoms with Gasteiger partial charge in [-0.05, 0) is 37.1 Å². The molecule has 0 fully saturated rings. The van der Waals surface area contributed by atoms with E-state index in [1.165, 1.54) is 12.1 Å². The van der Waals surface area contributed by atoms with E-state index in [-0.39, 0.29) is 11.4 Å². The number of aliphatic hydroxyl groups excluding tert-OH is 1. The maximum Gasteiger partial charge on any atom is 0.240 e. The fourth-order valence-electron chi connectivity index (χ4n) is 1.89. The third-order valence-electron chi connectivity index (χ3n) is 3.07. The Morgan fingerprint density at radius 1 is 1.33 bits per heavy atom. The lowest BCUT2D eigenvalue weighted by atomic mass is 10.1. The standard InChI is InChI=1S/C14H19N3O3S/c1-11-9-15-17(10-11)8-7-16-21(19,20)14-5-3-13(4-6-14)12(2)18/h3-6,9-10,12,16,18H,7-8H2,1-2H3. The highest BCUT2D eigenvalue weighted by atomic mass is 32.2. The number of hydrogen-bond donors (Lipinski definition) is 2. The van der Waals surface area contributed by atoms with Crippen LogP contribution in [0.1, 0.15) is 24.2 Å². The SMILES string of the molecule is Cc1cnn(CCNS(=O)(=O)c2ccc(C(C)O)cc2)c1. The van der Waals surface area contributed by atoms with Crippen LogP contribution in [0.4, 0.5) is 0 Å². The topological polar surface area (TPSA) is 84.2 Å². The molecular formula is C14H19N3O3S. The van der Waals surface area contributed by atoms with E-state index in [4.69, 9.17) is 0 Å². The van der Waals surface area contributed by atoms with Gasteiger partial charge in [-0.2, -0.15) is 5.10 Å². The Morgan fingerprint density at radius 2 is 2.00 bits per heavy atom. The smallest absolute Gasteiger partial charge is 0.240 e. The highest BCUT2D eigenvalue weighted by molar-refractivity contribution is 7.89. The van der Waals surface area contributed by atoms with Crippen molar-refractivity contribution in [1.29, 1.82) is 0 Å². The predicted molar refractivity (Wildman–Crippen MR) is 79.2 cm³/mol. The highest BCUT2D eigenvalue weighted by Crippen LogP contribution is 2.15. The molecule has 0 aliphatic heterocycles.